The molecule has 0 amide bonds. The second kappa shape index (κ2) is 4.26. The summed E-state index contributed by atoms with van der Waals surface area (Å²) in [7, 11) is -3.31. The molecule has 0 aliphatic heterocycles. The molecule has 1 aromatic heterocycles. The molecule has 0 saturated heterocycles. The predicted molar refractivity (Wildman–Crippen MR) is 58.6 cm³/mol. The van der Waals surface area contributed by atoms with E-state index >= 15 is 0 Å². The van der Waals surface area contributed by atoms with Crippen LogP contribution >= 0.6 is 0 Å². The number of aryl methyl sites for hydroxylation is 1. The maximum Gasteiger partial charge on any atom is 0.247 e. The lowest BCUT2D eigenvalue weighted by molar-refractivity contribution is 0.589. The van der Waals surface area contributed by atoms with Crippen molar-refractivity contribution in [3.8, 4) is 0 Å². The lowest BCUT2D eigenvalue weighted by Gasteiger charge is -2.08. The lowest BCUT2D eigenvalue weighted by Crippen LogP contribution is -2.09. The van der Waals surface area contributed by atoms with Crippen LogP contribution in [0.4, 0.5) is 0 Å². The van der Waals surface area contributed by atoms with Crippen LogP contribution in [0.2, 0.25) is 0 Å². The van der Waals surface area contributed by atoms with Crippen molar-refractivity contribution in [1.82, 2.24) is 9.97 Å². The van der Waals surface area contributed by atoms with Crippen LogP contribution in [-0.4, -0.2) is 24.6 Å². The summed E-state index contributed by atoms with van der Waals surface area (Å²) in [6.45, 7) is 5.90. The number of hydrogen-bond donors (Lipinski definition) is 0. The minimum Gasteiger partial charge on any atom is -0.223 e. The van der Waals surface area contributed by atoms with Gasteiger partial charge in [0.25, 0.3) is 0 Å². The highest BCUT2D eigenvalue weighted by atomic mass is 32.2. The van der Waals surface area contributed by atoms with Gasteiger partial charge in [-0.3, -0.25) is 0 Å². The molecule has 15 heavy (non-hydrogen) atoms. The maximum atomic E-state index is 11.4. The molecule has 0 aliphatic carbocycles. The Hall–Kier alpha value is -0.970. The summed E-state index contributed by atoms with van der Waals surface area (Å²) in [5.74, 6) is 0.207. The molecule has 1 rings (SSSR count). The van der Waals surface area contributed by atoms with E-state index in [1.165, 1.54) is 0 Å². The molecule has 0 aromatic carbocycles. The molecule has 0 atom stereocenters. The van der Waals surface area contributed by atoms with Crippen LogP contribution in [0.3, 0.4) is 0 Å². The fourth-order valence-electron chi connectivity index (χ4n) is 1.14. The van der Waals surface area contributed by atoms with Crippen molar-refractivity contribution in [3.63, 3.8) is 0 Å². The van der Waals surface area contributed by atoms with Crippen LogP contribution in [-0.2, 0) is 16.3 Å². The van der Waals surface area contributed by atoms with Crippen molar-refractivity contribution >= 4 is 9.84 Å². The smallest absolute Gasteiger partial charge is 0.223 e. The molecule has 5 heteroatoms. The average molecular weight is 228 g/mol. The van der Waals surface area contributed by atoms with Gasteiger partial charge in [0.1, 0.15) is 0 Å². The first-order valence-corrected chi connectivity index (χ1v) is 6.81. The van der Waals surface area contributed by atoms with Gasteiger partial charge in [-0.2, -0.15) is 0 Å². The van der Waals surface area contributed by atoms with Gasteiger partial charge >= 0.3 is 0 Å². The normalized spacial score (nSPS) is 12.1. The minimum absolute atomic E-state index is 0.0643. The third-order valence-corrected chi connectivity index (χ3v) is 2.91. The Labute approximate surface area is 90.7 Å². The van der Waals surface area contributed by atoms with Crippen LogP contribution in [0.25, 0.3) is 0 Å². The third-order valence-electron chi connectivity index (χ3n) is 2.06. The molecule has 4 nitrogen and oxygen atoms in total. The molecule has 0 fully saturated rings. The summed E-state index contributed by atoms with van der Waals surface area (Å²) in [5, 5.41) is -0.0643. The molecular formula is C10H16N2O2S. The highest BCUT2D eigenvalue weighted by Gasteiger charge is 2.14. The minimum atomic E-state index is -3.31. The Balaban J connectivity index is 3.36. The summed E-state index contributed by atoms with van der Waals surface area (Å²) < 4.78 is 22.7. The Kier molecular flexibility index (Phi) is 3.44. The molecule has 0 unspecified atom stereocenters. The van der Waals surface area contributed by atoms with Gasteiger partial charge in [0.15, 0.2) is 0 Å². The third kappa shape index (κ3) is 2.99. The van der Waals surface area contributed by atoms with Gasteiger partial charge in [-0.15, -0.1) is 0 Å². The molecule has 84 valence electrons. The van der Waals surface area contributed by atoms with Crippen molar-refractivity contribution in [2.24, 2.45) is 0 Å². The Morgan fingerprint density at radius 1 is 1.33 bits per heavy atom. The summed E-state index contributed by atoms with van der Waals surface area (Å²) >= 11 is 0. The van der Waals surface area contributed by atoms with Gasteiger partial charge in [0.2, 0.25) is 15.0 Å². The van der Waals surface area contributed by atoms with E-state index in [0.29, 0.717) is 6.42 Å². The zero-order valence-electron chi connectivity index (χ0n) is 9.48. The van der Waals surface area contributed by atoms with Crippen molar-refractivity contribution in [2.75, 3.05) is 6.26 Å². The van der Waals surface area contributed by atoms with E-state index in [4.69, 9.17) is 0 Å². The van der Waals surface area contributed by atoms with E-state index < -0.39 is 9.84 Å². The molecule has 0 saturated carbocycles. The Bertz CT molecular complexity index is 452. The van der Waals surface area contributed by atoms with Crippen LogP contribution in [0.1, 0.15) is 38.1 Å². The SMILES string of the molecule is CCc1cc(C(C)C)nc(S(C)(=O)=O)n1. The van der Waals surface area contributed by atoms with Gasteiger partial charge in [0, 0.05) is 17.6 Å². The quantitative estimate of drug-likeness (QED) is 0.737. The van der Waals surface area contributed by atoms with Crippen molar-refractivity contribution in [2.45, 2.75) is 38.3 Å². The Morgan fingerprint density at radius 2 is 1.93 bits per heavy atom. The fourth-order valence-corrected chi connectivity index (χ4v) is 1.69. The fraction of sp³-hybridized carbons (Fsp3) is 0.600. The monoisotopic (exact) mass is 228 g/mol. The van der Waals surface area contributed by atoms with Gasteiger partial charge < -0.3 is 0 Å². The van der Waals surface area contributed by atoms with E-state index in [1.54, 1.807) is 0 Å². The van der Waals surface area contributed by atoms with Crippen molar-refractivity contribution in [1.29, 1.82) is 0 Å². The zero-order chi connectivity index (χ0) is 11.6. The molecular weight excluding hydrogens is 212 g/mol. The van der Waals surface area contributed by atoms with Crippen molar-refractivity contribution in [3.05, 3.63) is 17.5 Å². The van der Waals surface area contributed by atoms with Gasteiger partial charge in [-0.25, -0.2) is 18.4 Å². The molecule has 0 spiro atoms. The maximum absolute atomic E-state index is 11.4. The van der Waals surface area contributed by atoms with Crippen LogP contribution in [0, 0.1) is 0 Å². The highest BCUT2D eigenvalue weighted by molar-refractivity contribution is 7.90. The summed E-state index contributed by atoms with van der Waals surface area (Å²) in [6, 6.07) is 1.86. The largest absolute Gasteiger partial charge is 0.247 e. The van der Waals surface area contributed by atoms with Crippen LogP contribution < -0.4 is 0 Å². The summed E-state index contributed by atoms with van der Waals surface area (Å²) in [6.07, 6.45) is 1.84. The van der Waals surface area contributed by atoms with E-state index in [2.05, 4.69) is 9.97 Å². The molecule has 1 aromatic rings. The molecule has 0 N–H and O–H groups in total. The first-order chi connectivity index (χ1) is 6.84. The second-order valence-corrected chi connectivity index (χ2v) is 5.76. The molecule has 1 heterocycles. The van der Waals surface area contributed by atoms with E-state index in [1.807, 2.05) is 26.8 Å². The van der Waals surface area contributed by atoms with Gasteiger partial charge in [0.05, 0.1) is 0 Å². The average Bonchev–Trinajstić information content (AvgIpc) is 2.15. The number of sulfone groups is 1. The topological polar surface area (TPSA) is 59.9 Å². The molecule has 0 radical (unpaired) electrons. The lowest BCUT2D eigenvalue weighted by atomic mass is 10.1. The number of aromatic nitrogens is 2. The second-order valence-electron chi connectivity index (χ2n) is 3.85. The number of hydrogen-bond acceptors (Lipinski definition) is 4. The first kappa shape index (κ1) is 12.1. The molecule has 0 aliphatic rings. The standard InChI is InChI=1S/C10H16N2O2S/c1-5-8-6-9(7(2)3)12-10(11-8)15(4,13)14/h6-7H,5H2,1-4H3. The summed E-state index contributed by atoms with van der Waals surface area (Å²) in [5.41, 5.74) is 1.55. The van der Waals surface area contributed by atoms with E-state index in [-0.39, 0.29) is 11.1 Å². The number of rotatable bonds is 3. The van der Waals surface area contributed by atoms with Gasteiger partial charge in [-0.1, -0.05) is 20.8 Å². The zero-order valence-corrected chi connectivity index (χ0v) is 10.3. The van der Waals surface area contributed by atoms with Crippen molar-refractivity contribution < 1.29 is 8.42 Å². The predicted octanol–water partition coefficient (Wildman–Crippen LogP) is 1.57. The highest BCUT2D eigenvalue weighted by Crippen LogP contribution is 2.15. The van der Waals surface area contributed by atoms with E-state index in [0.717, 1.165) is 17.6 Å². The van der Waals surface area contributed by atoms with E-state index in [9.17, 15) is 8.42 Å². The first-order valence-electron chi connectivity index (χ1n) is 4.92. The van der Waals surface area contributed by atoms with Gasteiger partial charge in [-0.05, 0) is 18.4 Å². The molecule has 0 bridgehead atoms. The van der Waals surface area contributed by atoms with Crippen LogP contribution in [0.5, 0.6) is 0 Å². The Morgan fingerprint density at radius 3 is 2.33 bits per heavy atom. The summed E-state index contributed by atoms with van der Waals surface area (Å²) in [4.78, 5) is 8.06. The number of nitrogens with zero attached hydrogens (tertiary/aromatic N) is 2. The van der Waals surface area contributed by atoms with Crippen LogP contribution in [0.15, 0.2) is 11.2 Å².